The number of halogens is 1. The first-order chi connectivity index (χ1) is 14.2. The zero-order valence-corrected chi connectivity index (χ0v) is 18.0. The molecule has 2 aliphatic heterocycles. The lowest BCUT2D eigenvalue weighted by Crippen LogP contribution is -2.49. The van der Waals surface area contributed by atoms with E-state index in [1.165, 1.54) is 0 Å². The summed E-state index contributed by atoms with van der Waals surface area (Å²) in [5.41, 5.74) is 1.94. The zero-order chi connectivity index (χ0) is 20.1. The number of hydrogen-bond acceptors (Lipinski definition) is 6. The molecule has 0 spiro atoms. The number of anilines is 3. The number of carbonyl (C=O) groups is 1. The van der Waals surface area contributed by atoms with Crippen LogP contribution in [0.15, 0.2) is 47.1 Å². The van der Waals surface area contributed by atoms with E-state index in [1.54, 1.807) is 0 Å². The molecule has 1 N–H and O–H groups in total. The van der Waals surface area contributed by atoms with Gasteiger partial charge < -0.3 is 19.9 Å². The normalized spacial score (nSPS) is 18.0. The van der Waals surface area contributed by atoms with Crippen LogP contribution in [0, 0.1) is 0 Å². The minimum Gasteiger partial charge on any atom is -0.378 e. The highest BCUT2D eigenvalue weighted by Gasteiger charge is 2.21. The fourth-order valence-electron chi connectivity index (χ4n) is 3.74. The Morgan fingerprint density at radius 1 is 1.00 bits per heavy atom. The molecule has 29 heavy (non-hydrogen) atoms. The first-order valence-electron chi connectivity index (χ1n) is 9.99. The van der Waals surface area contributed by atoms with Gasteiger partial charge in [-0.1, -0.05) is 12.1 Å². The summed E-state index contributed by atoms with van der Waals surface area (Å²) in [7, 11) is 0. The summed E-state index contributed by atoms with van der Waals surface area (Å²) >= 11 is 3.42. The number of para-hydroxylation sites is 2. The average Bonchev–Trinajstić information content (AvgIpc) is 2.76. The number of benzene rings is 1. The molecule has 0 aliphatic carbocycles. The van der Waals surface area contributed by atoms with Gasteiger partial charge in [-0.3, -0.25) is 9.69 Å². The topological polar surface area (TPSA) is 60.9 Å². The van der Waals surface area contributed by atoms with E-state index in [-0.39, 0.29) is 5.91 Å². The van der Waals surface area contributed by atoms with Gasteiger partial charge in [-0.2, -0.15) is 0 Å². The van der Waals surface area contributed by atoms with Crippen LogP contribution in [0.5, 0.6) is 0 Å². The highest BCUT2D eigenvalue weighted by molar-refractivity contribution is 9.10. The molecule has 2 saturated heterocycles. The molecule has 0 unspecified atom stereocenters. The lowest BCUT2D eigenvalue weighted by Gasteiger charge is -2.35. The summed E-state index contributed by atoms with van der Waals surface area (Å²) in [4.78, 5) is 23.9. The number of nitrogens with one attached hydrogen (secondary N) is 1. The van der Waals surface area contributed by atoms with Gasteiger partial charge in [0.2, 0.25) is 5.91 Å². The number of morpholine rings is 1. The molecule has 2 fully saturated rings. The van der Waals surface area contributed by atoms with Crippen LogP contribution in [0.3, 0.4) is 0 Å². The van der Waals surface area contributed by atoms with E-state index in [2.05, 4.69) is 47.0 Å². The second-order valence-corrected chi connectivity index (χ2v) is 8.18. The van der Waals surface area contributed by atoms with Gasteiger partial charge in [0.15, 0.2) is 0 Å². The fourth-order valence-corrected chi connectivity index (χ4v) is 3.98. The van der Waals surface area contributed by atoms with Gasteiger partial charge in [0, 0.05) is 49.9 Å². The summed E-state index contributed by atoms with van der Waals surface area (Å²) in [5, 5.41) is 3.11. The van der Waals surface area contributed by atoms with Crippen LogP contribution in [-0.2, 0) is 9.53 Å². The summed E-state index contributed by atoms with van der Waals surface area (Å²) in [5.74, 6) is 1.01. The predicted octanol–water partition coefficient (Wildman–Crippen LogP) is 2.44. The smallest absolute Gasteiger partial charge is 0.238 e. The van der Waals surface area contributed by atoms with Gasteiger partial charge >= 0.3 is 0 Å². The van der Waals surface area contributed by atoms with Crippen molar-refractivity contribution in [3.05, 3.63) is 47.1 Å². The van der Waals surface area contributed by atoms with Crippen molar-refractivity contribution >= 4 is 39.0 Å². The quantitative estimate of drug-likeness (QED) is 0.740. The molecule has 2 aliphatic rings. The maximum Gasteiger partial charge on any atom is 0.238 e. The van der Waals surface area contributed by atoms with Crippen LogP contribution in [-0.4, -0.2) is 74.8 Å². The first-order valence-corrected chi connectivity index (χ1v) is 10.8. The molecule has 0 atom stereocenters. The van der Waals surface area contributed by atoms with E-state index < -0.39 is 0 Å². The molecule has 1 aromatic carbocycles. The Bertz CT molecular complexity index is 818. The van der Waals surface area contributed by atoms with E-state index in [0.29, 0.717) is 6.54 Å². The van der Waals surface area contributed by atoms with Crippen molar-refractivity contribution in [2.75, 3.05) is 74.1 Å². The molecule has 154 valence electrons. The van der Waals surface area contributed by atoms with Gasteiger partial charge in [0.05, 0.1) is 31.1 Å². The van der Waals surface area contributed by atoms with Gasteiger partial charge in [-0.15, -0.1) is 0 Å². The summed E-state index contributed by atoms with van der Waals surface area (Å²) in [6.45, 7) is 6.96. The Morgan fingerprint density at radius 2 is 1.76 bits per heavy atom. The average molecular weight is 460 g/mol. The Hall–Kier alpha value is -2.16. The second-order valence-electron chi connectivity index (χ2n) is 7.26. The van der Waals surface area contributed by atoms with E-state index in [9.17, 15) is 4.79 Å². The minimum atomic E-state index is 0.0286. The summed E-state index contributed by atoms with van der Waals surface area (Å²) in [6, 6.07) is 12.0. The van der Waals surface area contributed by atoms with Crippen LogP contribution in [0.2, 0.25) is 0 Å². The fraction of sp³-hybridized carbons (Fsp3) is 0.429. The monoisotopic (exact) mass is 459 g/mol. The number of carbonyl (C=O) groups excluding carboxylic acids is 1. The number of pyridine rings is 1. The van der Waals surface area contributed by atoms with E-state index in [4.69, 9.17) is 4.74 Å². The minimum absolute atomic E-state index is 0.0286. The number of rotatable bonds is 5. The van der Waals surface area contributed by atoms with Crippen LogP contribution < -0.4 is 15.1 Å². The van der Waals surface area contributed by atoms with Crippen LogP contribution in [0.1, 0.15) is 0 Å². The molecule has 4 rings (SSSR count). The largest absolute Gasteiger partial charge is 0.378 e. The number of amides is 1. The maximum absolute atomic E-state index is 12.7. The molecule has 7 nitrogen and oxygen atoms in total. The van der Waals surface area contributed by atoms with Crippen molar-refractivity contribution < 1.29 is 9.53 Å². The molecule has 8 heteroatoms. The van der Waals surface area contributed by atoms with Gasteiger partial charge in [0.25, 0.3) is 0 Å². The molecule has 1 aromatic heterocycles. The predicted molar refractivity (Wildman–Crippen MR) is 119 cm³/mol. The van der Waals surface area contributed by atoms with Crippen molar-refractivity contribution in [1.82, 2.24) is 9.88 Å². The molecule has 3 heterocycles. The van der Waals surface area contributed by atoms with Crippen LogP contribution in [0.4, 0.5) is 17.2 Å². The highest BCUT2D eigenvalue weighted by Crippen LogP contribution is 2.26. The second kappa shape index (κ2) is 9.56. The molecular formula is C21H26BrN5O2. The van der Waals surface area contributed by atoms with Crippen molar-refractivity contribution in [2.24, 2.45) is 0 Å². The third-order valence-corrected chi connectivity index (χ3v) is 5.77. The van der Waals surface area contributed by atoms with Gasteiger partial charge in [-0.25, -0.2) is 4.98 Å². The van der Waals surface area contributed by atoms with Crippen molar-refractivity contribution in [2.45, 2.75) is 0 Å². The lowest BCUT2D eigenvalue weighted by atomic mass is 10.2. The molecule has 0 saturated carbocycles. The number of ether oxygens (including phenoxy) is 1. The van der Waals surface area contributed by atoms with Crippen molar-refractivity contribution in [3.63, 3.8) is 0 Å². The number of piperazine rings is 1. The van der Waals surface area contributed by atoms with Crippen molar-refractivity contribution in [1.29, 1.82) is 0 Å². The molecule has 1 amide bonds. The summed E-state index contributed by atoms with van der Waals surface area (Å²) in [6.07, 6.45) is 1.82. The Morgan fingerprint density at radius 3 is 2.48 bits per heavy atom. The SMILES string of the molecule is O=C(CN1CCN(c2ccc(Br)cn2)CC1)Nc1ccccc1N1CCOCC1. The standard InChI is InChI=1S/C21H26BrN5O2/c22-17-5-6-20(23-15-17)27-9-7-25(8-10-27)16-21(28)24-18-3-1-2-4-19(18)26-11-13-29-14-12-26/h1-6,15H,7-14,16H2,(H,24,28). The van der Waals surface area contributed by atoms with Crippen LogP contribution in [0.25, 0.3) is 0 Å². The Labute approximate surface area is 179 Å². The molecule has 0 radical (unpaired) electrons. The summed E-state index contributed by atoms with van der Waals surface area (Å²) < 4.78 is 6.42. The van der Waals surface area contributed by atoms with Crippen molar-refractivity contribution in [3.8, 4) is 0 Å². The lowest BCUT2D eigenvalue weighted by molar-refractivity contribution is -0.117. The third kappa shape index (κ3) is 5.26. The van der Waals surface area contributed by atoms with Crippen LogP contribution >= 0.6 is 15.9 Å². The molecule has 2 aromatic rings. The van der Waals surface area contributed by atoms with E-state index in [0.717, 1.165) is 74.1 Å². The number of aromatic nitrogens is 1. The Balaban J connectivity index is 1.30. The highest BCUT2D eigenvalue weighted by atomic mass is 79.9. The van der Waals surface area contributed by atoms with Gasteiger partial charge in [0.1, 0.15) is 5.82 Å². The number of nitrogens with zero attached hydrogens (tertiary/aromatic N) is 4. The molecular weight excluding hydrogens is 434 g/mol. The first kappa shape index (κ1) is 20.1. The van der Waals surface area contributed by atoms with E-state index >= 15 is 0 Å². The zero-order valence-electron chi connectivity index (χ0n) is 16.4. The maximum atomic E-state index is 12.7. The van der Waals surface area contributed by atoms with E-state index in [1.807, 2.05) is 36.5 Å². The molecule has 0 bridgehead atoms. The number of hydrogen-bond donors (Lipinski definition) is 1. The van der Waals surface area contributed by atoms with Gasteiger partial charge in [-0.05, 0) is 40.2 Å². The Kier molecular flexibility index (Phi) is 6.63. The third-order valence-electron chi connectivity index (χ3n) is 5.31.